The SMILES string of the molecule is CC(C)[C@@H]1CO[C@@]23CCN(S(=O)(=O)c4ccc5nc[nH]c5c4)[C@@H]2CC(=O)N13. The van der Waals surface area contributed by atoms with Gasteiger partial charge in [-0.2, -0.15) is 4.31 Å². The molecule has 8 nitrogen and oxygen atoms in total. The fraction of sp³-hybridized carbons (Fsp3) is 0.556. The Kier molecular flexibility index (Phi) is 3.51. The van der Waals surface area contributed by atoms with Crippen molar-refractivity contribution in [3.05, 3.63) is 24.5 Å². The number of sulfonamides is 1. The van der Waals surface area contributed by atoms with E-state index in [1.807, 2.05) is 4.90 Å². The van der Waals surface area contributed by atoms with Crippen LogP contribution in [0.25, 0.3) is 11.0 Å². The molecule has 3 aliphatic rings. The fourth-order valence-electron chi connectivity index (χ4n) is 4.83. The van der Waals surface area contributed by atoms with Gasteiger partial charge in [-0.3, -0.25) is 4.79 Å². The molecule has 3 aliphatic heterocycles. The van der Waals surface area contributed by atoms with Crippen LogP contribution in [0, 0.1) is 5.92 Å². The van der Waals surface area contributed by atoms with Gasteiger partial charge in [0.15, 0.2) is 5.72 Å². The van der Waals surface area contributed by atoms with Crippen molar-refractivity contribution in [3.63, 3.8) is 0 Å². The van der Waals surface area contributed by atoms with Gasteiger partial charge in [-0.25, -0.2) is 13.4 Å². The highest BCUT2D eigenvalue weighted by molar-refractivity contribution is 7.89. The number of H-pyrrole nitrogens is 1. The van der Waals surface area contributed by atoms with Gasteiger partial charge in [0, 0.05) is 19.4 Å². The van der Waals surface area contributed by atoms with E-state index in [4.69, 9.17) is 4.74 Å². The summed E-state index contributed by atoms with van der Waals surface area (Å²) in [5.41, 5.74) is 0.580. The lowest BCUT2D eigenvalue weighted by molar-refractivity contribution is -0.139. The molecule has 27 heavy (non-hydrogen) atoms. The molecule has 5 rings (SSSR count). The lowest BCUT2D eigenvalue weighted by Gasteiger charge is -2.34. The van der Waals surface area contributed by atoms with Crippen LogP contribution in [0.1, 0.15) is 26.7 Å². The number of hydrogen-bond acceptors (Lipinski definition) is 5. The predicted molar refractivity (Wildman–Crippen MR) is 97.2 cm³/mol. The van der Waals surface area contributed by atoms with Crippen LogP contribution in [0.15, 0.2) is 29.4 Å². The molecule has 0 bridgehead atoms. The maximum Gasteiger partial charge on any atom is 0.243 e. The van der Waals surface area contributed by atoms with E-state index in [0.717, 1.165) is 0 Å². The van der Waals surface area contributed by atoms with E-state index in [1.165, 1.54) is 10.6 Å². The Balaban J connectivity index is 1.53. The number of benzene rings is 1. The number of ether oxygens (including phenoxy) is 1. The molecule has 1 aromatic carbocycles. The van der Waals surface area contributed by atoms with Gasteiger partial charge >= 0.3 is 0 Å². The lowest BCUT2D eigenvalue weighted by Crippen LogP contribution is -2.51. The monoisotopic (exact) mass is 390 g/mol. The van der Waals surface area contributed by atoms with Crippen molar-refractivity contribution in [2.45, 2.75) is 49.4 Å². The van der Waals surface area contributed by atoms with Crippen LogP contribution < -0.4 is 0 Å². The third-order valence-electron chi connectivity index (χ3n) is 6.21. The molecule has 0 unspecified atom stereocenters. The molecule has 4 heterocycles. The quantitative estimate of drug-likeness (QED) is 0.853. The Morgan fingerprint density at radius 2 is 2.19 bits per heavy atom. The number of nitrogens with one attached hydrogen (secondary N) is 1. The number of hydrogen-bond donors (Lipinski definition) is 1. The zero-order valence-corrected chi connectivity index (χ0v) is 16.1. The summed E-state index contributed by atoms with van der Waals surface area (Å²) in [7, 11) is -3.74. The summed E-state index contributed by atoms with van der Waals surface area (Å²) in [6, 6.07) is 4.40. The first-order valence-corrected chi connectivity index (χ1v) is 10.7. The standard InChI is InChI=1S/C18H22N4O4S/c1-11(2)15-9-26-18-5-6-21(16(18)8-17(23)22(15)18)27(24,25)12-3-4-13-14(7-12)20-10-19-13/h3-4,7,10-11,15-16H,5-6,8-9H2,1-2H3,(H,19,20)/t15-,16+,18-/m0/s1. The topological polar surface area (TPSA) is 95.6 Å². The van der Waals surface area contributed by atoms with E-state index in [-0.39, 0.29) is 29.2 Å². The highest BCUT2D eigenvalue weighted by atomic mass is 32.2. The van der Waals surface area contributed by atoms with Gasteiger partial charge in [0.1, 0.15) is 0 Å². The smallest absolute Gasteiger partial charge is 0.243 e. The summed E-state index contributed by atoms with van der Waals surface area (Å²) < 4.78 is 34.3. The first-order valence-electron chi connectivity index (χ1n) is 9.26. The van der Waals surface area contributed by atoms with E-state index in [0.29, 0.717) is 30.6 Å². The largest absolute Gasteiger partial charge is 0.352 e. The van der Waals surface area contributed by atoms with E-state index in [2.05, 4.69) is 23.8 Å². The molecule has 1 aromatic heterocycles. The minimum Gasteiger partial charge on any atom is -0.352 e. The number of fused-ring (bicyclic) bond motifs is 1. The predicted octanol–water partition coefficient (Wildman–Crippen LogP) is 1.31. The minimum absolute atomic E-state index is 0.00602. The molecular weight excluding hydrogens is 368 g/mol. The molecule has 3 fully saturated rings. The zero-order chi connectivity index (χ0) is 19.0. The van der Waals surface area contributed by atoms with Crippen molar-refractivity contribution < 1.29 is 17.9 Å². The van der Waals surface area contributed by atoms with Crippen LogP contribution in [0.2, 0.25) is 0 Å². The van der Waals surface area contributed by atoms with Gasteiger partial charge in [-0.1, -0.05) is 13.8 Å². The normalized spacial score (nSPS) is 31.2. The second-order valence-corrected chi connectivity index (χ2v) is 9.79. The van der Waals surface area contributed by atoms with Gasteiger partial charge in [0.2, 0.25) is 15.9 Å². The molecule has 0 saturated carbocycles. The summed E-state index contributed by atoms with van der Waals surface area (Å²) in [6.45, 7) is 4.95. The van der Waals surface area contributed by atoms with Gasteiger partial charge in [0.25, 0.3) is 0 Å². The Labute approximate surface area is 157 Å². The first kappa shape index (κ1) is 17.2. The van der Waals surface area contributed by atoms with E-state index in [9.17, 15) is 13.2 Å². The second kappa shape index (κ2) is 5.52. The van der Waals surface area contributed by atoms with Crippen molar-refractivity contribution in [1.29, 1.82) is 0 Å². The third-order valence-corrected chi connectivity index (χ3v) is 8.11. The Bertz CT molecular complexity index is 1030. The number of aromatic amines is 1. The molecular formula is C18H22N4O4S. The summed E-state index contributed by atoms with van der Waals surface area (Å²) in [4.78, 5) is 21.9. The van der Waals surface area contributed by atoms with E-state index >= 15 is 0 Å². The maximum atomic E-state index is 13.4. The number of aromatic nitrogens is 2. The van der Waals surface area contributed by atoms with Gasteiger partial charge in [-0.05, 0) is 24.1 Å². The van der Waals surface area contributed by atoms with Crippen LogP contribution in [-0.4, -0.2) is 64.5 Å². The van der Waals surface area contributed by atoms with Crippen molar-refractivity contribution in [3.8, 4) is 0 Å². The van der Waals surface area contributed by atoms with Crippen molar-refractivity contribution in [2.75, 3.05) is 13.2 Å². The Morgan fingerprint density at radius 1 is 1.37 bits per heavy atom. The molecule has 3 atom stereocenters. The molecule has 144 valence electrons. The molecule has 1 amide bonds. The van der Waals surface area contributed by atoms with E-state index < -0.39 is 21.8 Å². The van der Waals surface area contributed by atoms with Crippen molar-refractivity contribution in [1.82, 2.24) is 19.2 Å². The lowest BCUT2D eigenvalue weighted by atomic mass is 10.0. The molecule has 3 saturated heterocycles. The number of nitrogens with zero attached hydrogens (tertiary/aromatic N) is 3. The Hall–Kier alpha value is -1.97. The zero-order valence-electron chi connectivity index (χ0n) is 15.3. The first-order chi connectivity index (χ1) is 12.8. The molecule has 1 spiro atoms. The highest BCUT2D eigenvalue weighted by Crippen LogP contribution is 2.50. The number of rotatable bonds is 3. The average Bonchev–Trinajstić information content (AvgIpc) is 3.35. The summed E-state index contributed by atoms with van der Waals surface area (Å²) in [5.74, 6) is 0.251. The molecule has 2 aromatic rings. The number of carbonyl (C=O) groups is 1. The second-order valence-electron chi connectivity index (χ2n) is 7.90. The van der Waals surface area contributed by atoms with Crippen LogP contribution >= 0.6 is 0 Å². The summed E-state index contributed by atoms with van der Waals surface area (Å²) in [6.07, 6.45) is 2.23. The van der Waals surface area contributed by atoms with Gasteiger partial charge in [0.05, 0.1) is 40.9 Å². The van der Waals surface area contributed by atoms with Gasteiger partial charge < -0.3 is 14.6 Å². The Morgan fingerprint density at radius 3 is 2.96 bits per heavy atom. The summed E-state index contributed by atoms with van der Waals surface area (Å²) in [5, 5.41) is 0. The van der Waals surface area contributed by atoms with Crippen LogP contribution in [0.4, 0.5) is 0 Å². The van der Waals surface area contributed by atoms with Crippen LogP contribution in [0.3, 0.4) is 0 Å². The highest BCUT2D eigenvalue weighted by Gasteiger charge is 2.66. The number of amides is 1. The van der Waals surface area contributed by atoms with E-state index in [1.54, 1.807) is 18.2 Å². The molecule has 1 N–H and O–H groups in total. The van der Waals surface area contributed by atoms with Crippen LogP contribution in [-0.2, 0) is 19.6 Å². The number of carbonyl (C=O) groups excluding carboxylic acids is 1. The summed E-state index contributed by atoms with van der Waals surface area (Å²) >= 11 is 0. The fourth-order valence-corrected chi connectivity index (χ4v) is 6.52. The average molecular weight is 390 g/mol. The van der Waals surface area contributed by atoms with Crippen molar-refractivity contribution >= 4 is 27.0 Å². The minimum atomic E-state index is -3.74. The molecule has 0 aliphatic carbocycles. The van der Waals surface area contributed by atoms with Gasteiger partial charge in [-0.15, -0.1) is 0 Å². The molecule has 0 radical (unpaired) electrons. The molecule has 9 heteroatoms. The third kappa shape index (κ3) is 2.19. The maximum absolute atomic E-state index is 13.4. The number of imidazole rings is 1. The van der Waals surface area contributed by atoms with Crippen molar-refractivity contribution in [2.24, 2.45) is 5.92 Å². The van der Waals surface area contributed by atoms with Crippen LogP contribution in [0.5, 0.6) is 0 Å².